The molecule has 1 amide bonds. The summed E-state index contributed by atoms with van der Waals surface area (Å²) in [6.07, 6.45) is 0.353. The van der Waals surface area contributed by atoms with Crippen LogP contribution >= 0.6 is 0 Å². The second-order valence-electron chi connectivity index (χ2n) is 13.3. The molecular weight excluding hydrogens is 568 g/mol. The summed E-state index contributed by atoms with van der Waals surface area (Å²) in [5, 5.41) is 1.04. The molecule has 1 aliphatic carbocycles. The predicted octanol–water partition coefficient (Wildman–Crippen LogP) is 6.99. The number of esters is 2. The molecule has 4 aromatic rings. The molecule has 2 saturated heterocycles. The SMILES string of the molecule is CC1(C)[C@@]2(C)CC[C@]1(C(=O)O[C@@H]1CN(C(=O)OCc3ccccc3)CC[C@H]1c1c(-c3ccccc3)[nH]c3ccccc13)OC2=O. The van der Waals surface area contributed by atoms with Crippen LogP contribution in [0.3, 0.4) is 0 Å². The highest BCUT2D eigenvalue weighted by atomic mass is 16.6. The van der Waals surface area contributed by atoms with Crippen molar-refractivity contribution in [2.24, 2.45) is 10.8 Å². The normalized spacial score (nSPS) is 26.9. The number of aromatic amines is 1. The number of benzene rings is 3. The maximum absolute atomic E-state index is 14.3. The highest BCUT2D eigenvalue weighted by Crippen LogP contribution is 2.66. The Kier molecular flexibility index (Phi) is 6.99. The van der Waals surface area contributed by atoms with Gasteiger partial charge in [0.15, 0.2) is 0 Å². The Morgan fingerprint density at radius 3 is 2.31 bits per heavy atom. The fourth-order valence-electron chi connectivity index (χ4n) is 7.66. The van der Waals surface area contributed by atoms with E-state index in [-0.39, 0.29) is 25.0 Å². The Morgan fingerprint density at radius 2 is 1.62 bits per heavy atom. The van der Waals surface area contributed by atoms with Gasteiger partial charge in [0.05, 0.1) is 17.7 Å². The quantitative estimate of drug-likeness (QED) is 0.188. The molecule has 1 N–H and O–H groups in total. The molecule has 0 radical (unpaired) electrons. The van der Waals surface area contributed by atoms with E-state index in [2.05, 4.69) is 23.2 Å². The first-order chi connectivity index (χ1) is 21.6. The van der Waals surface area contributed by atoms with Crippen molar-refractivity contribution in [1.29, 1.82) is 0 Å². The van der Waals surface area contributed by atoms with Crippen molar-refractivity contribution in [3.05, 3.63) is 96.1 Å². The number of ether oxygens (including phenoxy) is 3. The third-order valence-corrected chi connectivity index (χ3v) is 10.9. The van der Waals surface area contributed by atoms with Crippen LogP contribution in [0, 0.1) is 10.8 Å². The van der Waals surface area contributed by atoms with Crippen LogP contribution in [0.15, 0.2) is 84.9 Å². The summed E-state index contributed by atoms with van der Waals surface area (Å²) >= 11 is 0. The van der Waals surface area contributed by atoms with Crippen LogP contribution in [-0.4, -0.2) is 52.7 Å². The lowest BCUT2D eigenvalue weighted by molar-refractivity contribution is -0.189. The minimum Gasteiger partial charge on any atom is -0.457 e. The van der Waals surface area contributed by atoms with Gasteiger partial charge in [0.2, 0.25) is 5.60 Å². The van der Waals surface area contributed by atoms with Crippen molar-refractivity contribution < 1.29 is 28.6 Å². The van der Waals surface area contributed by atoms with E-state index < -0.39 is 34.6 Å². The molecule has 3 aromatic carbocycles. The lowest BCUT2D eigenvalue weighted by Crippen LogP contribution is -2.53. The van der Waals surface area contributed by atoms with E-state index in [4.69, 9.17) is 14.2 Å². The molecule has 0 spiro atoms. The number of hydrogen-bond donors (Lipinski definition) is 1. The maximum atomic E-state index is 14.3. The molecule has 2 bridgehead atoms. The second kappa shape index (κ2) is 10.8. The number of hydrogen-bond acceptors (Lipinski definition) is 6. The first kappa shape index (κ1) is 29.1. The van der Waals surface area contributed by atoms with E-state index in [0.29, 0.717) is 25.8 Å². The summed E-state index contributed by atoms with van der Waals surface area (Å²) in [5.74, 6) is -1.13. The Balaban J connectivity index is 1.24. The van der Waals surface area contributed by atoms with Crippen LogP contribution in [0.1, 0.15) is 57.1 Å². The van der Waals surface area contributed by atoms with E-state index in [1.54, 1.807) is 4.90 Å². The lowest BCUT2D eigenvalue weighted by atomic mass is 9.66. The zero-order valence-electron chi connectivity index (χ0n) is 25.9. The van der Waals surface area contributed by atoms with Gasteiger partial charge < -0.3 is 24.1 Å². The van der Waals surface area contributed by atoms with Crippen LogP contribution in [0.5, 0.6) is 0 Å². The monoisotopic (exact) mass is 606 g/mol. The number of piperidine rings is 1. The minimum absolute atomic E-state index is 0.149. The molecule has 3 aliphatic rings. The average molecular weight is 607 g/mol. The number of amides is 1. The summed E-state index contributed by atoms with van der Waals surface area (Å²) in [5.41, 5.74) is 2.02. The number of aromatic nitrogens is 1. The van der Waals surface area contributed by atoms with Gasteiger partial charge in [0.25, 0.3) is 0 Å². The fourth-order valence-corrected chi connectivity index (χ4v) is 7.66. The van der Waals surface area contributed by atoms with Crippen LogP contribution < -0.4 is 0 Å². The highest BCUT2D eigenvalue weighted by Gasteiger charge is 2.76. The van der Waals surface area contributed by atoms with E-state index in [1.807, 2.05) is 87.5 Å². The number of carbonyl (C=O) groups excluding carboxylic acids is 3. The minimum atomic E-state index is -1.37. The van der Waals surface area contributed by atoms with E-state index >= 15 is 0 Å². The summed E-state index contributed by atoms with van der Waals surface area (Å²) in [6, 6.07) is 27.8. The lowest BCUT2D eigenvalue weighted by Gasteiger charge is -2.41. The van der Waals surface area contributed by atoms with Gasteiger partial charge in [0.1, 0.15) is 12.7 Å². The summed E-state index contributed by atoms with van der Waals surface area (Å²) in [4.78, 5) is 45.9. The van der Waals surface area contributed by atoms with E-state index in [9.17, 15) is 14.4 Å². The number of nitrogens with one attached hydrogen (secondary N) is 1. The van der Waals surface area contributed by atoms with E-state index in [0.717, 1.165) is 33.3 Å². The fraction of sp³-hybridized carbons (Fsp3) is 0.378. The Labute approximate surface area is 262 Å². The maximum Gasteiger partial charge on any atom is 0.410 e. The summed E-state index contributed by atoms with van der Waals surface area (Å²) < 4.78 is 18.0. The smallest absolute Gasteiger partial charge is 0.410 e. The molecule has 232 valence electrons. The Hall–Kier alpha value is -4.59. The number of fused-ring (bicyclic) bond motifs is 3. The Morgan fingerprint density at radius 1 is 0.933 bits per heavy atom. The van der Waals surface area contributed by atoms with Crippen LogP contribution in [-0.2, 0) is 30.4 Å². The van der Waals surface area contributed by atoms with Crippen LogP contribution in [0.25, 0.3) is 22.2 Å². The van der Waals surface area contributed by atoms with E-state index in [1.165, 1.54) is 0 Å². The molecule has 1 saturated carbocycles. The molecule has 8 heteroatoms. The molecule has 4 atom stereocenters. The number of para-hydroxylation sites is 1. The summed E-state index contributed by atoms with van der Waals surface area (Å²) in [6.45, 7) is 6.46. The molecule has 3 heterocycles. The van der Waals surface area contributed by atoms with Gasteiger partial charge in [-0.2, -0.15) is 0 Å². The van der Waals surface area contributed by atoms with Crippen molar-refractivity contribution in [2.45, 2.75) is 64.3 Å². The van der Waals surface area contributed by atoms with Gasteiger partial charge in [-0.3, -0.25) is 4.79 Å². The van der Waals surface area contributed by atoms with Crippen molar-refractivity contribution in [1.82, 2.24) is 9.88 Å². The van der Waals surface area contributed by atoms with Crippen molar-refractivity contribution >= 4 is 28.9 Å². The Bertz CT molecular complexity index is 1770. The number of carbonyl (C=O) groups is 3. The number of H-pyrrole nitrogens is 1. The van der Waals surface area contributed by atoms with Gasteiger partial charge >= 0.3 is 18.0 Å². The van der Waals surface area contributed by atoms with Crippen LogP contribution in [0.4, 0.5) is 4.79 Å². The van der Waals surface area contributed by atoms with Gasteiger partial charge in [-0.05, 0) is 48.9 Å². The first-order valence-electron chi connectivity index (χ1n) is 15.7. The second-order valence-corrected chi connectivity index (χ2v) is 13.3. The molecule has 0 unspecified atom stereocenters. The van der Waals surface area contributed by atoms with Gasteiger partial charge in [-0.1, -0.05) is 92.7 Å². The first-order valence-corrected chi connectivity index (χ1v) is 15.7. The van der Waals surface area contributed by atoms with Crippen molar-refractivity contribution in [3.8, 4) is 11.3 Å². The molecular formula is C37H38N2O6. The predicted molar refractivity (Wildman–Crippen MR) is 169 cm³/mol. The third kappa shape index (κ3) is 4.52. The van der Waals surface area contributed by atoms with Gasteiger partial charge in [-0.15, -0.1) is 0 Å². The number of rotatable bonds is 6. The zero-order chi connectivity index (χ0) is 31.4. The third-order valence-electron chi connectivity index (χ3n) is 10.9. The zero-order valence-corrected chi connectivity index (χ0v) is 25.9. The molecule has 8 nitrogen and oxygen atoms in total. The molecule has 3 fully saturated rings. The molecule has 1 aromatic heterocycles. The molecule has 7 rings (SSSR count). The molecule has 45 heavy (non-hydrogen) atoms. The van der Waals surface area contributed by atoms with Crippen LogP contribution in [0.2, 0.25) is 0 Å². The molecule has 2 aliphatic heterocycles. The van der Waals surface area contributed by atoms with Gasteiger partial charge in [-0.25, -0.2) is 9.59 Å². The number of nitrogens with zero attached hydrogens (tertiary/aromatic N) is 1. The number of likely N-dealkylation sites (tertiary alicyclic amines) is 1. The highest BCUT2D eigenvalue weighted by molar-refractivity contribution is 5.94. The topological polar surface area (TPSA) is 97.9 Å². The van der Waals surface area contributed by atoms with Crippen molar-refractivity contribution in [3.63, 3.8) is 0 Å². The largest absolute Gasteiger partial charge is 0.457 e. The summed E-state index contributed by atoms with van der Waals surface area (Å²) in [7, 11) is 0. The standard InChI is InChI=1S/C37H38N2O6/c1-35(2)36(3)19-20-37(35,45-32(36)40)33(41)44-29-22-39(34(42)43-23-24-12-6-4-7-13-24)21-18-27(29)30-26-16-10-11-17-28(26)38-31(30)25-14-8-5-9-15-25/h4-17,27,29,38H,18-23H2,1-3H3/t27-,29-,36+,37-/m1/s1. The van der Waals surface area contributed by atoms with Crippen molar-refractivity contribution in [2.75, 3.05) is 13.1 Å². The average Bonchev–Trinajstić information content (AvgIpc) is 3.59. The van der Waals surface area contributed by atoms with Gasteiger partial charge in [0, 0.05) is 28.8 Å².